The zero-order valence-corrected chi connectivity index (χ0v) is 8.57. The molecule has 0 aromatic heterocycles. The summed E-state index contributed by atoms with van der Waals surface area (Å²) in [5, 5.41) is 12.6. The fourth-order valence-corrected chi connectivity index (χ4v) is 1.82. The molecule has 0 bridgehead atoms. The van der Waals surface area contributed by atoms with Gasteiger partial charge in [-0.2, -0.15) is 11.8 Å². The molecule has 12 heavy (non-hydrogen) atoms. The molecule has 1 aliphatic carbocycles. The maximum atomic E-state index is 8.75. The molecule has 1 atom stereocenters. The lowest BCUT2D eigenvalue weighted by Gasteiger charge is -2.07. The van der Waals surface area contributed by atoms with Crippen LogP contribution in [-0.2, 0) is 0 Å². The molecule has 0 aliphatic heterocycles. The molecule has 1 fully saturated rings. The third kappa shape index (κ3) is 5.01. The van der Waals surface area contributed by atoms with Crippen molar-refractivity contribution in [1.82, 2.24) is 5.32 Å². The molecular weight excluding hydrogens is 170 g/mol. The highest BCUT2D eigenvalue weighted by Gasteiger charge is 2.19. The van der Waals surface area contributed by atoms with Crippen LogP contribution in [0.2, 0.25) is 0 Å². The van der Waals surface area contributed by atoms with Gasteiger partial charge < -0.3 is 10.4 Å². The molecule has 0 heterocycles. The molecule has 1 unspecified atom stereocenters. The fraction of sp³-hybridized carbons (Fsp3) is 1.00. The van der Waals surface area contributed by atoms with Gasteiger partial charge in [0.05, 0.1) is 6.61 Å². The zero-order chi connectivity index (χ0) is 8.81. The fourth-order valence-electron chi connectivity index (χ4n) is 1.00. The van der Waals surface area contributed by atoms with Crippen LogP contribution >= 0.6 is 11.8 Å². The lowest BCUT2D eigenvalue weighted by atomic mass is 10.5. The molecule has 1 saturated carbocycles. The largest absolute Gasteiger partial charge is 0.395 e. The molecule has 0 radical (unpaired) electrons. The normalized spacial score (nSPS) is 19.5. The number of rotatable bonds is 7. The number of aliphatic hydroxyl groups is 1. The van der Waals surface area contributed by atoms with E-state index in [0.717, 1.165) is 12.6 Å². The smallest absolute Gasteiger partial charge is 0.0547 e. The molecule has 0 spiro atoms. The van der Waals surface area contributed by atoms with E-state index in [1.165, 1.54) is 25.0 Å². The number of nitrogens with one attached hydrogen (secondary N) is 1. The van der Waals surface area contributed by atoms with Crippen LogP contribution in [0.15, 0.2) is 0 Å². The Morgan fingerprint density at radius 2 is 2.33 bits per heavy atom. The first-order valence-electron chi connectivity index (χ1n) is 4.78. The summed E-state index contributed by atoms with van der Waals surface area (Å²) < 4.78 is 0. The Labute approximate surface area is 79.1 Å². The second kappa shape index (κ2) is 5.84. The van der Waals surface area contributed by atoms with Crippen molar-refractivity contribution >= 4 is 11.8 Å². The summed E-state index contributed by atoms with van der Waals surface area (Å²) in [6.07, 6.45) is 3.98. The van der Waals surface area contributed by atoms with Crippen molar-refractivity contribution in [1.29, 1.82) is 0 Å². The van der Waals surface area contributed by atoms with Crippen LogP contribution in [0.25, 0.3) is 0 Å². The standard InChI is InChI=1S/C9H19NOS/c1-8(7-11)12-6-2-5-10-9-3-4-9/h8-11H,2-7H2,1H3. The molecule has 1 rings (SSSR count). The summed E-state index contributed by atoms with van der Waals surface area (Å²) in [7, 11) is 0. The Morgan fingerprint density at radius 3 is 2.92 bits per heavy atom. The van der Waals surface area contributed by atoms with E-state index in [2.05, 4.69) is 12.2 Å². The van der Waals surface area contributed by atoms with Crippen molar-refractivity contribution in [3.8, 4) is 0 Å². The average molecular weight is 189 g/mol. The molecule has 2 N–H and O–H groups in total. The van der Waals surface area contributed by atoms with Crippen molar-refractivity contribution in [2.75, 3.05) is 18.9 Å². The first-order valence-corrected chi connectivity index (χ1v) is 5.83. The number of hydrogen-bond acceptors (Lipinski definition) is 3. The van der Waals surface area contributed by atoms with Gasteiger partial charge in [0.25, 0.3) is 0 Å². The van der Waals surface area contributed by atoms with Crippen LogP contribution in [0.3, 0.4) is 0 Å². The summed E-state index contributed by atoms with van der Waals surface area (Å²) in [5.74, 6) is 1.17. The first-order chi connectivity index (χ1) is 5.83. The zero-order valence-electron chi connectivity index (χ0n) is 7.75. The van der Waals surface area contributed by atoms with E-state index in [4.69, 9.17) is 5.11 Å². The highest BCUT2D eigenvalue weighted by molar-refractivity contribution is 7.99. The van der Waals surface area contributed by atoms with E-state index >= 15 is 0 Å². The van der Waals surface area contributed by atoms with Gasteiger partial charge in [0.2, 0.25) is 0 Å². The summed E-state index contributed by atoms with van der Waals surface area (Å²) in [6, 6.07) is 0.838. The van der Waals surface area contributed by atoms with Gasteiger partial charge in [0.15, 0.2) is 0 Å². The van der Waals surface area contributed by atoms with Gasteiger partial charge in [-0.1, -0.05) is 6.92 Å². The Bertz CT molecular complexity index is 117. The van der Waals surface area contributed by atoms with Crippen molar-refractivity contribution in [3.05, 3.63) is 0 Å². The van der Waals surface area contributed by atoms with Crippen LogP contribution < -0.4 is 5.32 Å². The van der Waals surface area contributed by atoms with E-state index in [1.54, 1.807) is 0 Å². The minimum absolute atomic E-state index is 0.306. The third-order valence-electron chi connectivity index (χ3n) is 1.99. The minimum atomic E-state index is 0.306. The molecule has 0 amide bonds. The Kier molecular flexibility index (Phi) is 5.04. The van der Waals surface area contributed by atoms with Gasteiger partial charge in [-0.05, 0) is 31.6 Å². The summed E-state index contributed by atoms with van der Waals surface area (Å²) >= 11 is 1.86. The van der Waals surface area contributed by atoms with Gasteiger partial charge in [0.1, 0.15) is 0 Å². The van der Waals surface area contributed by atoms with Crippen molar-refractivity contribution in [3.63, 3.8) is 0 Å². The lowest BCUT2D eigenvalue weighted by molar-refractivity contribution is 0.300. The summed E-state index contributed by atoms with van der Waals surface area (Å²) in [5.41, 5.74) is 0. The monoisotopic (exact) mass is 189 g/mol. The minimum Gasteiger partial charge on any atom is -0.395 e. The van der Waals surface area contributed by atoms with E-state index in [1.807, 2.05) is 11.8 Å². The lowest BCUT2D eigenvalue weighted by Crippen LogP contribution is -2.18. The SMILES string of the molecule is CC(CO)SCCCNC1CC1. The maximum Gasteiger partial charge on any atom is 0.0547 e. The predicted octanol–water partition coefficient (Wildman–Crippen LogP) is 1.24. The Morgan fingerprint density at radius 1 is 1.58 bits per heavy atom. The number of thioether (sulfide) groups is 1. The second-order valence-corrected chi connectivity index (χ2v) is 4.99. The molecule has 0 aromatic carbocycles. The van der Waals surface area contributed by atoms with E-state index in [-0.39, 0.29) is 0 Å². The van der Waals surface area contributed by atoms with Crippen LogP contribution in [-0.4, -0.2) is 35.3 Å². The van der Waals surface area contributed by atoms with Gasteiger partial charge in [-0.3, -0.25) is 0 Å². The molecule has 72 valence electrons. The van der Waals surface area contributed by atoms with E-state index in [0.29, 0.717) is 11.9 Å². The highest BCUT2D eigenvalue weighted by atomic mass is 32.2. The van der Waals surface area contributed by atoms with Crippen molar-refractivity contribution in [2.45, 2.75) is 37.5 Å². The van der Waals surface area contributed by atoms with Crippen molar-refractivity contribution in [2.24, 2.45) is 0 Å². The molecule has 1 aliphatic rings. The summed E-state index contributed by atoms with van der Waals surface area (Å²) in [6.45, 7) is 3.52. The van der Waals surface area contributed by atoms with Crippen molar-refractivity contribution < 1.29 is 5.11 Å². The van der Waals surface area contributed by atoms with Crippen LogP contribution in [0, 0.1) is 0 Å². The number of aliphatic hydroxyl groups excluding tert-OH is 1. The third-order valence-corrected chi connectivity index (χ3v) is 3.23. The Hall–Kier alpha value is 0.270. The maximum absolute atomic E-state index is 8.75. The van der Waals surface area contributed by atoms with Crippen LogP contribution in [0.4, 0.5) is 0 Å². The average Bonchev–Trinajstić information content (AvgIpc) is 2.87. The van der Waals surface area contributed by atoms with Gasteiger partial charge >= 0.3 is 0 Å². The van der Waals surface area contributed by atoms with E-state index < -0.39 is 0 Å². The molecule has 0 aromatic rings. The second-order valence-electron chi connectivity index (χ2n) is 3.45. The molecule has 0 saturated heterocycles. The first kappa shape index (κ1) is 10.4. The number of hydrogen-bond donors (Lipinski definition) is 2. The Balaban J connectivity index is 1.75. The summed E-state index contributed by atoms with van der Waals surface area (Å²) in [4.78, 5) is 0. The van der Waals surface area contributed by atoms with E-state index in [9.17, 15) is 0 Å². The molecule has 2 nitrogen and oxygen atoms in total. The van der Waals surface area contributed by atoms with Gasteiger partial charge in [-0.25, -0.2) is 0 Å². The van der Waals surface area contributed by atoms with Crippen LogP contribution in [0.5, 0.6) is 0 Å². The topological polar surface area (TPSA) is 32.3 Å². The van der Waals surface area contributed by atoms with Gasteiger partial charge in [-0.15, -0.1) is 0 Å². The molecular formula is C9H19NOS. The molecule has 3 heteroatoms. The van der Waals surface area contributed by atoms with Crippen LogP contribution in [0.1, 0.15) is 26.2 Å². The quantitative estimate of drug-likeness (QED) is 0.591. The predicted molar refractivity (Wildman–Crippen MR) is 54.6 cm³/mol. The highest BCUT2D eigenvalue weighted by Crippen LogP contribution is 2.18. The van der Waals surface area contributed by atoms with Gasteiger partial charge in [0, 0.05) is 11.3 Å².